The molecule has 0 atom stereocenters. The highest BCUT2D eigenvalue weighted by molar-refractivity contribution is 6.60. The number of ether oxygens (including phenoxy) is 1. The summed E-state index contributed by atoms with van der Waals surface area (Å²) in [7, 11) is 3.64. The highest BCUT2D eigenvalue weighted by atomic mass is 28.4. The van der Waals surface area contributed by atoms with Gasteiger partial charge in [-0.1, -0.05) is 0 Å². The second-order valence-corrected chi connectivity index (χ2v) is 13.7. The highest BCUT2D eigenvalue weighted by Crippen LogP contribution is 2.23. The van der Waals surface area contributed by atoms with Crippen molar-refractivity contribution in [2.24, 2.45) is 0 Å². The third-order valence-electron chi connectivity index (χ3n) is 5.87. The summed E-state index contributed by atoms with van der Waals surface area (Å²) in [6.45, 7) is 0.789. The third-order valence-corrected chi connectivity index (χ3v) is 11.5. The number of carbonyl (C=O) groups excluding carboxylic acids is 3. The van der Waals surface area contributed by atoms with E-state index in [-0.39, 0.29) is 22.6 Å². The lowest BCUT2D eigenvalue weighted by atomic mass is 10.0. The Balaban J connectivity index is 2.18. The van der Waals surface area contributed by atoms with Gasteiger partial charge in [0.2, 0.25) is 0 Å². The summed E-state index contributed by atoms with van der Waals surface area (Å²) in [5.74, 6) is -1.75. The third kappa shape index (κ3) is 6.37. The molecule has 1 aromatic rings. The molecule has 0 spiro atoms. The normalized spacial score (nSPS) is 13.7. The number of benzene rings is 1. The summed E-state index contributed by atoms with van der Waals surface area (Å²) in [6.07, 6.45) is 1.14. The van der Waals surface area contributed by atoms with Gasteiger partial charge in [-0.3, -0.25) is 4.79 Å². The van der Waals surface area contributed by atoms with Gasteiger partial charge in [-0.05, 0) is 31.0 Å². The summed E-state index contributed by atoms with van der Waals surface area (Å²) >= 11 is 0. The number of carbonyl (C=O) groups is 3. The standard InChI is InChI=1S/C21H33NO10Si2/c1-26-33(27-2,28-3)13-7-11-22(12-8-14-34(29-4,30-5)31-6)19(23)16-9-10-17-18(15-16)21(25)32-20(17)24/h9-10,15H,7-8,11-14H2,1-6H3. The van der Waals surface area contributed by atoms with Crippen LogP contribution < -0.4 is 0 Å². The predicted octanol–water partition coefficient (Wildman–Crippen LogP) is 1.98. The lowest BCUT2D eigenvalue weighted by Crippen LogP contribution is -2.44. The Morgan fingerprint density at radius 3 is 1.65 bits per heavy atom. The predicted molar refractivity (Wildman–Crippen MR) is 125 cm³/mol. The van der Waals surface area contributed by atoms with E-state index in [1.54, 1.807) is 4.90 Å². The molecule has 2 rings (SSSR count). The average molecular weight is 516 g/mol. The molecule has 190 valence electrons. The van der Waals surface area contributed by atoms with E-state index in [0.717, 1.165) is 0 Å². The first kappa shape index (κ1) is 28.3. The number of esters is 2. The number of hydrogen-bond acceptors (Lipinski definition) is 10. The summed E-state index contributed by atoms with van der Waals surface area (Å²) in [5, 5.41) is 0. The first-order valence-electron chi connectivity index (χ1n) is 10.7. The Morgan fingerprint density at radius 1 is 0.765 bits per heavy atom. The Bertz CT molecular complexity index is 831. The maximum Gasteiger partial charge on any atom is 0.500 e. The van der Waals surface area contributed by atoms with Gasteiger partial charge >= 0.3 is 29.5 Å². The van der Waals surface area contributed by atoms with Gasteiger partial charge in [0, 0.05) is 73.4 Å². The molecule has 13 heteroatoms. The summed E-state index contributed by atoms with van der Waals surface area (Å²) in [6, 6.07) is 5.38. The van der Waals surface area contributed by atoms with Crippen molar-refractivity contribution in [3.05, 3.63) is 34.9 Å². The van der Waals surface area contributed by atoms with Gasteiger partial charge in [0.05, 0.1) is 11.1 Å². The molecule has 0 radical (unpaired) electrons. The zero-order valence-electron chi connectivity index (χ0n) is 20.5. The smallest absolute Gasteiger partial charge is 0.386 e. The fraction of sp³-hybridized carbons (Fsp3) is 0.571. The van der Waals surface area contributed by atoms with E-state index in [1.165, 1.54) is 60.9 Å². The van der Waals surface area contributed by atoms with Crippen LogP contribution in [-0.2, 0) is 31.3 Å². The van der Waals surface area contributed by atoms with Crippen molar-refractivity contribution in [2.75, 3.05) is 55.7 Å². The SMILES string of the molecule is CO[Si](CCCN(CCC[Si](OC)(OC)OC)C(=O)c1ccc2c(c1)C(=O)OC2=O)(OC)OC. The average Bonchev–Trinajstić information content (AvgIpc) is 3.16. The van der Waals surface area contributed by atoms with Gasteiger partial charge in [-0.25, -0.2) is 9.59 Å². The van der Waals surface area contributed by atoms with E-state index in [4.69, 9.17) is 26.6 Å². The molecule has 0 saturated carbocycles. The molecule has 1 aliphatic heterocycles. The zero-order chi connectivity index (χ0) is 25.4. The van der Waals surface area contributed by atoms with Crippen molar-refractivity contribution in [1.82, 2.24) is 4.90 Å². The van der Waals surface area contributed by atoms with E-state index in [1.807, 2.05) is 0 Å². The highest BCUT2D eigenvalue weighted by Gasteiger charge is 2.39. The Kier molecular flexibility index (Phi) is 10.5. The largest absolute Gasteiger partial charge is 0.500 e. The van der Waals surface area contributed by atoms with Crippen molar-refractivity contribution in [3.63, 3.8) is 0 Å². The molecule has 11 nitrogen and oxygen atoms in total. The number of hydrogen-bond donors (Lipinski definition) is 0. The maximum atomic E-state index is 13.4. The molecule has 0 aromatic heterocycles. The fourth-order valence-corrected chi connectivity index (χ4v) is 7.21. The molecule has 1 amide bonds. The zero-order valence-corrected chi connectivity index (χ0v) is 22.5. The molecular weight excluding hydrogens is 482 g/mol. The molecule has 1 aromatic carbocycles. The van der Waals surface area contributed by atoms with Gasteiger partial charge in [0.25, 0.3) is 5.91 Å². The molecule has 0 aliphatic carbocycles. The molecule has 0 saturated heterocycles. The number of rotatable bonds is 15. The van der Waals surface area contributed by atoms with Gasteiger partial charge in [0.1, 0.15) is 0 Å². The van der Waals surface area contributed by atoms with E-state index in [0.29, 0.717) is 38.0 Å². The van der Waals surface area contributed by atoms with Gasteiger partial charge < -0.3 is 36.2 Å². The van der Waals surface area contributed by atoms with Crippen LogP contribution in [0.5, 0.6) is 0 Å². The van der Waals surface area contributed by atoms with Crippen molar-refractivity contribution < 1.29 is 45.7 Å². The van der Waals surface area contributed by atoms with Crippen LogP contribution in [-0.4, -0.2) is 96.1 Å². The Labute approximate surface area is 201 Å². The quantitative estimate of drug-likeness (QED) is 0.195. The van der Waals surface area contributed by atoms with Crippen LogP contribution in [0.2, 0.25) is 12.1 Å². The topological polar surface area (TPSA) is 119 Å². The molecule has 0 fully saturated rings. The summed E-state index contributed by atoms with van der Waals surface area (Å²) in [5.41, 5.74) is 0.526. The lowest BCUT2D eigenvalue weighted by molar-refractivity contribution is 0.0443. The molecule has 1 aliphatic rings. The first-order chi connectivity index (χ1) is 16.2. The van der Waals surface area contributed by atoms with Crippen molar-refractivity contribution in [2.45, 2.75) is 24.9 Å². The van der Waals surface area contributed by atoms with Crippen LogP contribution in [0.25, 0.3) is 0 Å². The van der Waals surface area contributed by atoms with E-state index in [2.05, 4.69) is 4.74 Å². The maximum absolute atomic E-state index is 13.4. The van der Waals surface area contributed by atoms with Crippen LogP contribution >= 0.6 is 0 Å². The fourth-order valence-electron chi connectivity index (χ4n) is 3.80. The van der Waals surface area contributed by atoms with Crippen LogP contribution in [0.3, 0.4) is 0 Å². The van der Waals surface area contributed by atoms with E-state index in [9.17, 15) is 14.4 Å². The number of amides is 1. The minimum atomic E-state index is -2.80. The van der Waals surface area contributed by atoms with Crippen LogP contribution in [0.4, 0.5) is 0 Å². The van der Waals surface area contributed by atoms with Gasteiger partial charge in [-0.15, -0.1) is 0 Å². The summed E-state index contributed by atoms with van der Waals surface area (Å²) in [4.78, 5) is 38.7. The number of fused-ring (bicyclic) bond motifs is 1. The van der Waals surface area contributed by atoms with Crippen LogP contribution in [0, 0.1) is 0 Å². The first-order valence-corrected chi connectivity index (χ1v) is 14.6. The molecular formula is C21H33NO10Si2. The Morgan fingerprint density at radius 2 is 1.21 bits per heavy atom. The van der Waals surface area contributed by atoms with Crippen LogP contribution in [0.15, 0.2) is 18.2 Å². The molecule has 0 unspecified atom stereocenters. The monoisotopic (exact) mass is 515 g/mol. The molecule has 0 bridgehead atoms. The van der Waals surface area contributed by atoms with Gasteiger partial charge in [0.15, 0.2) is 0 Å². The second kappa shape index (κ2) is 12.6. The van der Waals surface area contributed by atoms with Crippen molar-refractivity contribution in [3.8, 4) is 0 Å². The van der Waals surface area contributed by atoms with Crippen molar-refractivity contribution in [1.29, 1.82) is 0 Å². The van der Waals surface area contributed by atoms with Gasteiger partial charge in [-0.2, -0.15) is 0 Å². The second-order valence-electron chi connectivity index (χ2n) is 7.53. The van der Waals surface area contributed by atoms with Crippen LogP contribution in [0.1, 0.15) is 43.9 Å². The lowest BCUT2D eigenvalue weighted by Gasteiger charge is -2.28. The number of cyclic esters (lactones) is 2. The molecule has 34 heavy (non-hydrogen) atoms. The van der Waals surface area contributed by atoms with E-state index < -0.39 is 29.5 Å². The summed E-state index contributed by atoms with van der Waals surface area (Å²) < 4.78 is 37.4. The number of nitrogens with zero attached hydrogens (tertiary/aromatic N) is 1. The minimum Gasteiger partial charge on any atom is -0.386 e. The Hall–Kier alpha value is -1.98. The van der Waals surface area contributed by atoms with E-state index >= 15 is 0 Å². The molecule has 0 N–H and O–H groups in total. The minimum absolute atomic E-state index is 0.0879. The molecule has 1 heterocycles. The van der Waals surface area contributed by atoms with Crippen molar-refractivity contribution >= 4 is 35.5 Å².